The van der Waals surface area contributed by atoms with Gasteiger partial charge in [-0.2, -0.15) is 0 Å². The summed E-state index contributed by atoms with van der Waals surface area (Å²) >= 11 is 6.12. The van der Waals surface area contributed by atoms with E-state index in [2.05, 4.69) is 0 Å². The summed E-state index contributed by atoms with van der Waals surface area (Å²) in [6.45, 7) is 0. The van der Waals surface area contributed by atoms with Crippen molar-refractivity contribution in [2.45, 2.75) is 31.1 Å². The lowest BCUT2D eigenvalue weighted by Gasteiger charge is -2.41. The molecule has 8 heteroatoms. The molecule has 1 amide bonds. The molecule has 7 nitrogen and oxygen atoms in total. The van der Waals surface area contributed by atoms with Crippen LogP contribution in [0.2, 0.25) is 5.02 Å². The van der Waals surface area contributed by atoms with E-state index in [-0.39, 0.29) is 34.6 Å². The molecule has 2 unspecified atom stereocenters. The van der Waals surface area contributed by atoms with Crippen LogP contribution in [0.4, 0.5) is 5.69 Å². The zero-order chi connectivity index (χ0) is 27.0. The van der Waals surface area contributed by atoms with Crippen molar-refractivity contribution in [3.63, 3.8) is 0 Å². The molecule has 1 aliphatic carbocycles. The van der Waals surface area contributed by atoms with Crippen LogP contribution in [0.1, 0.15) is 52.6 Å². The van der Waals surface area contributed by atoms with Gasteiger partial charge in [0.2, 0.25) is 5.91 Å². The summed E-state index contributed by atoms with van der Waals surface area (Å²) in [5.41, 5.74) is 3.05. The number of aromatic carboxylic acids is 1. The van der Waals surface area contributed by atoms with Gasteiger partial charge in [0.25, 0.3) is 0 Å². The Balaban J connectivity index is 1.71. The van der Waals surface area contributed by atoms with Gasteiger partial charge in [-0.25, -0.2) is 4.79 Å². The van der Waals surface area contributed by atoms with Gasteiger partial charge in [-0.05, 0) is 42.2 Å². The first kappa shape index (κ1) is 25.5. The van der Waals surface area contributed by atoms with Crippen molar-refractivity contribution >= 4 is 34.9 Å². The number of benzene rings is 3. The first-order valence-electron chi connectivity index (χ1n) is 12.2. The number of Topliss-reactive ketones (excluding diaryl/α,β-unsaturated/α-hetero) is 1. The second-order valence-electron chi connectivity index (χ2n) is 9.34. The van der Waals surface area contributed by atoms with Gasteiger partial charge < -0.3 is 14.6 Å². The van der Waals surface area contributed by atoms with Gasteiger partial charge >= 0.3 is 5.97 Å². The van der Waals surface area contributed by atoms with Crippen LogP contribution in [0.5, 0.6) is 11.5 Å². The van der Waals surface area contributed by atoms with Gasteiger partial charge in [0.1, 0.15) is 0 Å². The van der Waals surface area contributed by atoms with Crippen LogP contribution in [0.15, 0.2) is 78.0 Å². The predicted octanol–water partition coefficient (Wildman–Crippen LogP) is 5.98. The van der Waals surface area contributed by atoms with Crippen LogP contribution in [-0.2, 0) is 9.59 Å². The maximum atomic E-state index is 13.9. The molecule has 194 valence electrons. The number of carboxylic acid groups (broad SMARTS) is 1. The number of nitrogens with zero attached hydrogens (tertiary/aromatic N) is 1. The topological polar surface area (TPSA) is 93.1 Å². The molecule has 3 aromatic carbocycles. The van der Waals surface area contributed by atoms with Crippen molar-refractivity contribution in [2.24, 2.45) is 0 Å². The highest BCUT2D eigenvalue weighted by atomic mass is 35.5. The predicted molar refractivity (Wildman–Crippen MR) is 143 cm³/mol. The van der Waals surface area contributed by atoms with E-state index in [0.29, 0.717) is 46.9 Å². The van der Waals surface area contributed by atoms with Crippen LogP contribution < -0.4 is 14.4 Å². The third kappa shape index (κ3) is 4.43. The highest BCUT2D eigenvalue weighted by Gasteiger charge is 2.43. The van der Waals surface area contributed by atoms with Crippen molar-refractivity contribution in [1.82, 2.24) is 0 Å². The van der Waals surface area contributed by atoms with E-state index < -0.39 is 11.9 Å². The van der Waals surface area contributed by atoms with Crippen molar-refractivity contribution in [3.8, 4) is 11.5 Å². The van der Waals surface area contributed by atoms with Crippen molar-refractivity contribution < 1.29 is 29.0 Å². The number of carbonyl (C=O) groups excluding carboxylic acids is 2. The minimum Gasteiger partial charge on any atom is -0.493 e. The SMILES string of the molecule is COc1cccc(C2CC(=O)N(c3ccc(Cl)c(C(=O)O)c3)C3=C2C(=O)CC(c2ccccc2)C3)c1OC. The Hall–Kier alpha value is -4.10. The molecule has 0 radical (unpaired) electrons. The molecule has 1 N–H and O–H groups in total. The number of hydrogen-bond acceptors (Lipinski definition) is 5. The Morgan fingerprint density at radius 3 is 2.39 bits per heavy atom. The Kier molecular flexibility index (Phi) is 6.95. The van der Waals surface area contributed by atoms with Gasteiger partial charge in [0.05, 0.1) is 24.8 Å². The molecule has 2 atom stereocenters. The fourth-order valence-corrected chi connectivity index (χ4v) is 5.76. The highest BCUT2D eigenvalue weighted by molar-refractivity contribution is 6.33. The van der Waals surface area contributed by atoms with Crippen molar-refractivity contribution in [1.29, 1.82) is 0 Å². The molecule has 2 aliphatic rings. The number of ether oxygens (including phenoxy) is 2. The third-order valence-corrected chi connectivity index (χ3v) is 7.58. The van der Waals surface area contributed by atoms with Gasteiger partial charge in [0, 0.05) is 41.3 Å². The number of anilines is 1. The minimum absolute atomic E-state index is 0.00906. The molecule has 5 rings (SSSR count). The molecule has 3 aromatic rings. The smallest absolute Gasteiger partial charge is 0.337 e. The van der Waals surface area contributed by atoms with Crippen LogP contribution in [-0.4, -0.2) is 37.0 Å². The highest BCUT2D eigenvalue weighted by Crippen LogP contribution is 2.50. The average molecular weight is 532 g/mol. The third-order valence-electron chi connectivity index (χ3n) is 7.25. The number of halogens is 1. The quantitative estimate of drug-likeness (QED) is 0.421. The number of ketones is 1. The molecule has 1 aliphatic heterocycles. The summed E-state index contributed by atoms with van der Waals surface area (Å²) in [6.07, 6.45) is 0.744. The lowest BCUT2D eigenvalue weighted by atomic mass is 9.72. The Labute approximate surface area is 225 Å². The molecular weight excluding hydrogens is 506 g/mol. The van der Waals surface area contributed by atoms with Gasteiger partial charge in [0.15, 0.2) is 17.3 Å². The fraction of sp³-hybridized carbons (Fsp3) is 0.233. The number of para-hydroxylation sites is 1. The molecule has 0 fully saturated rings. The number of carbonyl (C=O) groups is 3. The summed E-state index contributed by atoms with van der Waals surface area (Å²) in [5.74, 6) is -1.18. The maximum absolute atomic E-state index is 13.9. The van der Waals surface area contributed by atoms with Crippen LogP contribution in [0, 0.1) is 0 Å². The van der Waals surface area contributed by atoms with E-state index in [9.17, 15) is 19.5 Å². The second kappa shape index (κ2) is 10.3. The molecule has 1 heterocycles. The Morgan fingerprint density at radius 1 is 0.947 bits per heavy atom. The monoisotopic (exact) mass is 531 g/mol. The van der Waals surface area contributed by atoms with Crippen LogP contribution in [0.25, 0.3) is 0 Å². The van der Waals surface area contributed by atoms with E-state index in [1.165, 1.54) is 31.3 Å². The van der Waals surface area contributed by atoms with E-state index in [1.54, 1.807) is 12.1 Å². The zero-order valence-electron chi connectivity index (χ0n) is 20.9. The summed E-state index contributed by atoms with van der Waals surface area (Å²) in [7, 11) is 3.07. The summed E-state index contributed by atoms with van der Waals surface area (Å²) in [5, 5.41) is 9.71. The van der Waals surface area contributed by atoms with E-state index in [1.807, 2.05) is 42.5 Å². The molecule has 0 aromatic heterocycles. The van der Waals surface area contributed by atoms with E-state index >= 15 is 0 Å². The first-order chi connectivity index (χ1) is 18.3. The molecule has 0 saturated heterocycles. The lowest BCUT2D eigenvalue weighted by Crippen LogP contribution is -2.42. The average Bonchev–Trinajstić information content (AvgIpc) is 2.92. The number of hydrogen-bond donors (Lipinski definition) is 1. The van der Waals surface area contributed by atoms with Gasteiger partial charge in [-0.15, -0.1) is 0 Å². The summed E-state index contributed by atoms with van der Waals surface area (Å²) < 4.78 is 11.1. The number of rotatable bonds is 6. The second-order valence-corrected chi connectivity index (χ2v) is 9.74. The van der Waals surface area contributed by atoms with Crippen molar-refractivity contribution in [3.05, 3.63) is 99.7 Å². The molecule has 0 saturated carbocycles. The lowest BCUT2D eigenvalue weighted by molar-refractivity contribution is -0.120. The Bertz CT molecular complexity index is 1460. The largest absolute Gasteiger partial charge is 0.493 e. The van der Waals surface area contributed by atoms with Gasteiger partial charge in [-0.1, -0.05) is 54.1 Å². The molecule has 0 bridgehead atoms. The van der Waals surface area contributed by atoms with Gasteiger partial charge in [-0.3, -0.25) is 14.5 Å². The zero-order valence-corrected chi connectivity index (χ0v) is 21.7. The maximum Gasteiger partial charge on any atom is 0.337 e. The number of carboxylic acids is 1. The molecule has 0 spiro atoms. The van der Waals surface area contributed by atoms with Crippen LogP contribution >= 0.6 is 11.6 Å². The summed E-state index contributed by atoms with van der Waals surface area (Å²) in [6, 6.07) is 19.6. The fourth-order valence-electron chi connectivity index (χ4n) is 5.56. The summed E-state index contributed by atoms with van der Waals surface area (Å²) in [4.78, 5) is 41.0. The number of allylic oxidation sites excluding steroid dienone is 2. The van der Waals surface area contributed by atoms with Crippen LogP contribution in [0.3, 0.4) is 0 Å². The van der Waals surface area contributed by atoms with Crippen molar-refractivity contribution in [2.75, 3.05) is 19.1 Å². The van der Waals surface area contributed by atoms with E-state index in [4.69, 9.17) is 21.1 Å². The number of amides is 1. The molecule has 38 heavy (non-hydrogen) atoms. The van der Waals surface area contributed by atoms with E-state index in [0.717, 1.165) is 5.56 Å². The molecular formula is C30H26ClNO6. The standard InChI is InChI=1S/C30H26ClNO6/c1-37-26-10-6-9-20(29(26)38-2)21-16-27(34)32(19-11-12-23(31)22(15-19)30(35)36)24-13-18(14-25(33)28(21)24)17-7-4-3-5-8-17/h3-12,15,18,21H,13-14,16H2,1-2H3,(H,35,36). The first-order valence-corrected chi connectivity index (χ1v) is 12.6. The number of methoxy groups -OCH3 is 2. The minimum atomic E-state index is -1.20. The Morgan fingerprint density at radius 2 is 1.71 bits per heavy atom. The normalized spacial score (nSPS) is 19.3.